The summed E-state index contributed by atoms with van der Waals surface area (Å²) < 4.78 is 0. The van der Waals surface area contributed by atoms with Crippen LogP contribution in [0.15, 0.2) is 60.7 Å². The number of carbonyl (C=O) groups is 1. The van der Waals surface area contributed by atoms with Gasteiger partial charge in [-0.3, -0.25) is 0 Å². The lowest BCUT2D eigenvalue weighted by molar-refractivity contribution is 0.0698. The van der Waals surface area contributed by atoms with E-state index in [1.54, 1.807) is 37.3 Å². The van der Waals surface area contributed by atoms with Gasteiger partial charge in [0.15, 0.2) is 0 Å². The lowest BCUT2D eigenvalue weighted by Gasteiger charge is -2.12. The van der Waals surface area contributed by atoms with Crippen molar-refractivity contribution in [1.29, 1.82) is 0 Å². The van der Waals surface area contributed by atoms with Crippen molar-refractivity contribution in [1.82, 2.24) is 9.97 Å². The number of nitrogens with one attached hydrogen (secondary N) is 2. The number of para-hydroxylation sites is 1. The number of nitrogens with zero attached hydrogens (tertiary/aromatic N) is 2. The lowest BCUT2D eigenvalue weighted by Crippen LogP contribution is -2.09. The van der Waals surface area contributed by atoms with Crippen LogP contribution < -0.4 is 10.6 Å². The largest absolute Gasteiger partial charge is 0.478 e. The van der Waals surface area contributed by atoms with Crippen molar-refractivity contribution in [3.63, 3.8) is 0 Å². The molecule has 3 rings (SSSR count). The minimum atomic E-state index is -0.986. The molecule has 1 aromatic heterocycles. The zero-order chi connectivity index (χ0) is 18.4. The van der Waals surface area contributed by atoms with E-state index in [0.29, 0.717) is 23.1 Å². The van der Waals surface area contributed by atoms with Crippen LogP contribution in [0.25, 0.3) is 0 Å². The highest BCUT2D eigenvalue weighted by molar-refractivity contribution is 5.95. The fourth-order valence-corrected chi connectivity index (χ4v) is 2.62. The molecule has 0 saturated heterocycles. The standard InChI is InChI=1S/C20H20N4O2/c1-14-22-18(21-12-11-15-7-3-2-4-8-15)13-19(23-14)24-17-10-6-5-9-16(17)20(25)26/h2-10,13H,11-12H2,1H3,(H,25,26)(H2,21,22,23,24). The molecule has 0 radical (unpaired) electrons. The molecule has 3 N–H and O–H groups in total. The fourth-order valence-electron chi connectivity index (χ4n) is 2.62. The van der Waals surface area contributed by atoms with Gasteiger partial charge in [0.25, 0.3) is 0 Å². The second-order valence-electron chi connectivity index (χ2n) is 5.82. The van der Waals surface area contributed by atoms with Gasteiger partial charge in [0.05, 0.1) is 11.3 Å². The van der Waals surface area contributed by atoms with Crippen LogP contribution in [0.4, 0.5) is 17.3 Å². The van der Waals surface area contributed by atoms with Crippen LogP contribution in [-0.4, -0.2) is 27.6 Å². The molecule has 132 valence electrons. The first-order chi connectivity index (χ1) is 12.6. The van der Waals surface area contributed by atoms with E-state index in [9.17, 15) is 9.90 Å². The smallest absolute Gasteiger partial charge is 0.337 e. The molecular weight excluding hydrogens is 328 g/mol. The van der Waals surface area contributed by atoms with Gasteiger partial charge >= 0.3 is 5.97 Å². The minimum absolute atomic E-state index is 0.197. The maximum absolute atomic E-state index is 11.3. The van der Waals surface area contributed by atoms with Crippen molar-refractivity contribution in [2.75, 3.05) is 17.2 Å². The van der Waals surface area contributed by atoms with E-state index in [1.165, 1.54) is 5.56 Å². The summed E-state index contributed by atoms with van der Waals surface area (Å²) in [5, 5.41) is 15.7. The summed E-state index contributed by atoms with van der Waals surface area (Å²) in [6.45, 7) is 2.54. The molecule has 0 spiro atoms. The van der Waals surface area contributed by atoms with Crippen molar-refractivity contribution in [2.45, 2.75) is 13.3 Å². The molecule has 0 fully saturated rings. The molecule has 6 nitrogen and oxygen atoms in total. The summed E-state index contributed by atoms with van der Waals surface area (Å²) in [5.41, 5.74) is 1.94. The molecule has 0 unspecified atom stereocenters. The molecule has 0 aliphatic rings. The van der Waals surface area contributed by atoms with Gasteiger partial charge in [-0.1, -0.05) is 42.5 Å². The first kappa shape index (κ1) is 17.4. The summed E-state index contributed by atoms with van der Waals surface area (Å²) in [4.78, 5) is 20.1. The monoisotopic (exact) mass is 348 g/mol. The van der Waals surface area contributed by atoms with Crippen molar-refractivity contribution in [3.8, 4) is 0 Å². The molecule has 1 heterocycles. The van der Waals surface area contributed by atoms with Gasteiger partial charge < -0.3 is 15.7 Å². The number of hydrogen-bond donors (Lipinski definition) is 3. The van der Waals surface area contributed by atoms with E-state index >= 15 is 0 Å². The maximum Gasteiger partial charge on any atom is 0.337 e. The van der Waals surface area contributed by atoms with E-state index in [4.69, 9.17) is 0 Å². The Morgan fingerprint density at radius 3 is 2.46 bits per heavy atom. The van der Waals surface area contributed by atoms with Gasteiger partial charge in [-0.15, -0.1) is 0 Å². The van der Waals surface area contributed by atoms with E-state index in [-0.39, 0.29) is 5.56 Å². The Kier molecular flexibility index (Phi) is 5.43. The SMILES string of the molecule is Cc1nc(NCCc2ccccc2)cc(Nc2ccccc2C(=O)O)n1. The van der Waals surface area contributed by atoms with Crippen LogP contribution in [0.3, 0.4) is 0 Å². The molecule has 0 aliphatic carbocycles. The van der Waals surface area contributed by atoms with E-state index in [2.05, 4.69) is 32.7 Å². The average molecular weight is 348 g/mol. The molecule has 0 atom stereocenters. The molecule has 0 saturated carbocycles. The molecule has 26 heavy (non-hydrogen) atoms. The highest BCUT2D eigenvalue weighted by Gasteiger charge is 2.10. The third-order valence-corrected chi connectivity index (χ3v) is 3.82. The Balaban J connectivity index is 1.71. The summed E-state index contributed by atoms with van der Waals surface area (Å²) >= 11 is 0. The summed E-state index contributed by atoms with van der Waals surface area (Å²) in [7, 11) is 0. The lowest BCUT2D eigenvalue weighted by atomic mass is 10.1. The predicted molar refractivity (Wildman–Crippen MR) is 102 cm³/mol. The molecular formula is C20H20N4O2. The van der Waals surface area contributed by atoms with Crippen LogP contribution in [0, 0.1) is 6.92 Å². The summed E-state index contributed by atoms with van der Waals surface area (Å²) in [6.07, 6.45) is 0.883. The number of aryl methyl sites for hydroxylation is 1. The van der Waals surface area contributed by atoms with Gasteiger partial charge in [-0.05, 0) is 31.0 Å². The van der Waals surface area contributed by atoms with Crippen molar-refractivity contribution < 1.29 is 9.90 Å². The quantitative estimate of drug-likeness (QED) is 0.601. The second-order valence-corrected chi connectivity index (χ2v) is 5.82. The van der Waals surface area contributed by atoms with Gasteiger partial charge in [0, 0.05) is 12.6 Å². The molecule has 0 aliphatic heterocycles. The number of benzene rings is 2. The topological polar surface area (TPSA) is 87.1 Å². The number of rotatable bonds is 7. The predicted octanol–water partition coefficient (Wildman–Crippen LogP) is 3.88. The molecule has 0 amide bonds. The third kappa shape index (κ3) is 4.57. The minimum Gasteiger partial charge on any atom is -0.478 e. The van der Waals surface area contributed by atoms with Crippen LogP contribution in [-0.2, 0) is 6.42 Å². The van der Waals surface area contributed by atoms with Crippen molar-refractivity contribution >= 4 is 23.3 Å². The molecule has 2 aromatic carbocycles. The number of aromatic carboxylic acids is 1. The van der Waals surface area contributed by atoms with Gasteiger partial charge in [-0.25, -0.2) is 14.8 Å². The number of carboxylic acid groups (broad SMARTS) is 1. The molecule has 0 bridgehead atoms. The van der Waals surface area contributed by atoms with Crippen molar-refractivity contribution in [2.24, 2.45) is 0 Å². The Hall–Kier alpha value is -3.41. The van der Waals surface area contributed by atoms with Crippen LogP contribution in [0.5, 0.6) is 0 Å². The Morgan fingerprint density at radius 1 is 1.00 bits per heavy atom. The Morgan fingerprint density at radius 2 is 1.69 bits per heavy atom. The molecule has 3 aromatic rings. The number of aromatic nitrogens is 2. The first-order valence-corrected chi connectivity index (χ1v) is 8.34. The zero-order valence-corrected chi connectivity index (χ0v) is 14.4. The van der Waals surface area contributed by atoms with Gasteiger partial charge in [-0.2, -0.15) is 0 Å². The first-order valence-electron chi connectivity index (χ1n) is 8.34. The number of hydrogen-bond acceptors (Lipinski definition) is 5. The van der Waals surface area contributed by atoms with Crippen LogP contribution in [0.2, 0.25) is 0 Å². The summed E-state index contributed by atoms with van der Waals surface area (Å²) in [5.74, 6) is 0.863. The highest BCUT2D eigenvalue weighted by Crippen LogP contribution is 2.21. The zero-order valence-electron chi connectivity index (χ0n) is 14.4. The number of anilines is 3. The van der Waals surface area contributed by atoms with Gasteiger partial charge in [0.2, 0.25) is 0 Å². The fraction of sp³-hybridized carbons (Fsp3) is 0.150. The van der Waals surface area contributed by atoms with E-state index in [0.717, 1.165) is 13.0 Å². The summed E-state index contributed by atoms with van der Waals surface area (Å²) in [6, 6.07) is 18.7. The van der Waals surface area contributed by atoms with E-state index < -0.39 is 5.97 Å². The maximum atomic E-state index is 11.3. The Bertz CT molecular complexity index is 897. The van der Waals surface area contributed by atoms with Crippen molar-refractivity contribution in [3.05, 3.63) is 77.6 Å². The van der Waals surface area contributed by atoms with Gasteiger partial charge in [0.1, 0.15) is 17.5 Å². The second kappa shape index (κ2) is 8.11. The van der Waals surface area contributed by atoms with Crippen LogP contribution in [0.1, 0.15) is 21.7 Å². The highest BCUT2D eigenvalue weighted by atomic mass is 16.4. The number of carboxylic acids is 1. The third-order valence-electron chi connectivity index (χ3n) is 3.82. The average Bonchev–Trinajstić information content (AvgIpc) is 2.62. The molecule has 6 heteroatoms. The van der Waals surface area contributed by atoms with E-state index in [1.807, 2.05) is 18.2 Å². The normalized spacial score (nSPS) is 10.3. The van der Waals surface area contributed by atoms with Crippen LogP contribution >= 0.6 is 0 Å². The Labute approximate surface area is 152 Å².